The molecule has 1 aliphatic rings. The summed E-state index contributed by atoms with van der Waals surface area (Å²) in [6.45, 7) is 0. The highest BCUT2D eigenvalue weighted by molar-refractivity contribution is 7.93. The summed E-state index contributed by atoms with van der Waals surface area (Å²) < 4.78 is 16.8. The van der Waals surface area contributed by atoms with Gasteiger partial charge in [0.05, 0.1) is 38.0 Å². The van der Waals surface area contributed by atoms with Crippen LogP contribution in [-0.4, -0.2) is 41.0 Å². The molecule has 1 saturated heterocycles. The Morgan fingerprint density at radius 1 is 1.38 bits per heavy atom. The van der Waals surface area contributed by atoms with E-state index < -0.39 is 9.73 Å². The Labute approximate surface area is 130 Å². The smallest absolute Gasteiger partial charge is 0.103 e. The summed E-state index contributed by atoms with van der Waals surface area (Å²) in [5.41, 5.74) is 1.27. The third-order valence-corrected chi connectivity index (χ3v) is 5.74. The molecule has 1 heterocycles. The molecule has 0 aromatic heterocycles. The third kappa shape index (κ3) is 3.96. The topological polar surface area (TPSA) is 68.8 Å². The first kappa shape index (κ1) is 15.8. The lowest BCUT2D eigenvalue weighted by molar-refractivity contribution is 0.643. The van der Waals surface area contributed by atoms with Crippen LogP contribution in [0.15, 0.2) is 21.5 Å². The maximum Gasteiger partial charge on any atom is 0.103 e. The second kappa shape index (κ2) is 6.46. The molecule has 0 amide bonds. The summed E-state index contributed by atoms with van der Waals surface area (Å²) in [7, 11) is 1.50. The van der Waals surface area contributed by atoms with Crippen LogP contribution in [0, 0.1) is 11.3 Å². The van der Waals surface area contributed by atoms with Gasteiger partial charge in [-0.2, -0.15) is 9.62 Å². The quantitative estimate of drug-likeness (QED) is 0.632. The first-order valence-electron chi connectivity index (χ1n) is 6.60. The van der Waals surface area contributed by atoms with Crippen molar-refractivity contribution in [3.05, 3.63) is 22.7 Å². The zero-order chi connectivity index (χ0) is 15.5. The molecule has 1 fully saturated rings. The normalized spacial score (nSPS) is 16.9. The number of benzene rings is 1. The summed E-state index contributed by atoms with van der Waals surface area (Å²) in [6, 6.07) is 5.29. The number of halogens is 1. The minimum atomic E-state index is -2.17. The van der Waals surface area contributed by atoms with Crippen LogP contribution in [0.1, 0.15) is 18.4 Å². The van der Waals surface area contributed by atoms with Crippen LogP contribution in [0.25, 0.3) is 0 Å². The second-order valence-corrected chi connectivity index (χ2v) is 8.07. The van der Waals surface area contributed by atoms with Gasteiger partial charge in [-0.15, -0.1) is 0 Å². The lowest BCUT2D eigenvalue weighted by Gasteiger charge is -2.07. The Kier molecular flexibility index (Phi) is 4.86. The van der Waals surface area contributed by atoms with E-state index in [0.717, 1.165) is 12.8 Å². The average Bonchev–Trinajstić information content (AvgIpc) is 2.82. The van der Waals surface area contributed by atoms with E-state index in [-0.39, 0.29) is 5.02 Å². The van der Waals surface area contributed by atoms with Crippen molar-refractivity contribution >= 4 is 39.0 Å². The molecule has 1 aliphatic heterocycles. The van der Waals surface area contributed by atoms with Gasteiger partial charge in [0, 0.05) is 25.6 Å². The molecule has 7 heteroatoms. The molecule has 21 heavy (non-hydrogen) atoms. The molecule has 2 rings (SSSR count). The van der Waals surface area contributed by atoms with E-state index in [1.807, 2.05) is 20.2 Å². The largest absolute Gasteiger partial charge is 0.369 e. The zero-order valence-electron chi connectivity index (χ0n) is 12.0. The molecule has 0 unspecified atom stereocenters. The van der Waals surface area contributed by atoms with E-state index in [1.54, 1.807) is 23.4 Å². The molecule has 0 N–H and O–H groups in total. The van der Waals surface area contributed by atoms with Crippen LogP contribution >= 0.6 is 11.6 Å². The van der Waals surface area contributed by atoms with Crippen molar-refractivity contribution in [3.63, 3.8) is 0 Å². The fraction of sp³-hybridized carbons (Fsp3) is 0.429. The average molecular weight is 325 g/mol. The van der Waals surface area contributed by atoms with Gasteiger partial charge in [-0.05, 0) is 25.0 Å². The number of rotatable bonds is 3. The summed E-state index contributed by atoms with van der Waals surface area (Å²) in [6.07, 6.45) is 3.47. The summed E-state index contributed by atoms with van der Waals surface area (Å²) in [4.78, 5) is 6.00. The van der Waals surface area contributed by atoms with Crippen molar-refractivity contribution in [2.24, 2.45) is 9.36 Å². The molecular weight excluding hydrogens is 308 g/mol. The number of aliphatic imine (C=N–C) groups is 1. The summed E-state index contributed by atoms with van der Waals surface area (Å²) >= 11 is 6.12. The minimum absolute atomic E-state index is 0.283. The van der Waals surface area contributed by atoms with Crippen molar-refractivity contribution in [1.82, 2.24) is 4.90 Å². The number of hydrogen-bond acceptors (Lipinski definition) is 4. The predicted octanol–water partition coefficient (Wildman–Crippen LogP) is 3.33. The minimum Gasteiger partial charge on any atom is -0.369 e. The van der Waals surface area contributed by atoms with Gasteiger partial charge in [0.2, 0.25) is 0 Å². The molecular formula is C14H17ClN4OS. The molecule has 1 aromatic rings. The zero-order valence-corrected chi connectivity index (χ0v) is 13.6. The highest BCUT2D eigenvalue weighted by Crippen LogP contribution is 2.33. The number of nitriles is 1. The SMILES string of the molecule is CN(C)/C=N\c1cc(N=S2(=O)CCCC2)cc(Cl)c1C#N. The highest BCUT2D eigenvalue weighted by Gasteiger charge is 2.17. The molecule has 1 aromatic carbocycles. The van der Waals surface area contributed by atoms with E-state index in [9.17, 15) is 9.47 Å². The first-order valence-corrected chi connectivity index (χ1v) is 8.83. The van der Waals surface area contributed by atoms with Gasteiger partial charge in [-0.1, -0.05) is 11.6 Å². The molecule has 112 valence electrons. The van der Waals surface area contributed by atoms with Crippen molar-refractivity contribution < 1.29 is 4.21 Å². The van der Waals surface area contributed by atoms with Gasteiger partial charge in [-0.3, -0.25) is 0 Å². The molecule has 0 spiro atoms. The number of nitrogens with zero attached hydrogens (tertiary/aromatic N) is 4. The van der Waals surface area contributed by atoms with Crippen molar-refractivity contribution in [2.75, 3.05) is 25.6 Å². The van der Waals surface area contributed by atoms with Crippen LogP contribution in [0.3, 0.4) is 0 Å². The Balaban J connectivity index is 2.51. The molecule has 0 saturated carbocycles. The Hall–Kier alpha value is -1.58. The van der Waals surface area contributed by atoms with Gasteiger partial charge in [0.25, 0.3) is 0 Å². The third-order valence-electron chi connectivity index (χ3n) is 3.04. The maximum atomic E-state index is 12.5. The molecule has 0 radical (unpaired) electrons. The Morgan fingerprint density at radius 2 is 2.05 bits per heavy atom. The Bertz CT molecular complexity index is 715. The first-order chi connectivity index (χ1) is 9.93. The lowest BCUT2D eigenvalue weighted by atomic mass is 10.2. The molecule has 5 nitrogen and oxygen atoms in total. The Morgan fingerprint density at radius 3 is 2.62 bits per heavy atom. The van der Waals surface area contributed by atoms with E-state index in [0.29, 0.717) is 28.4 Å². The van der Waals surface area contributed by atoms with Gasteiger partial charge >= 0.3 is 0 Å². The second-order valence-electron chi connectivity index (χ2n) is 5.12. The van der Waals surface area contributed by atoms with E-state index in [2.05, 4.69) is 9.36 Å². The van der Waals surface area contributed by atoms with Gasteiger partial charge in [0.15, 0.2) is 0 Å². The van der Waals surface area contributed by atoms with Crippen molar-refractivity contribution in [3.8, 4) is 6.07 Å². The summed E-state index contributed by atoms with van der Waals surface area (Å²) in [5, 5.41) is 9.46. The molecule has 0 bridgehead atoms. The van der Waals surface area contributed by atoms with Crippen molar-refractivity contribution in [2.45, 2.75) is 12.8 Å². The maximum absolute atomic E-state index is 12.5. The van der Waals surface area contributed by atoms with E-state index in [4.69, 9.17) is 11.6 Å². The highest BCUT2D eigenvalue weighted by atomic mass is 35.5. The fourth-order valence-corrected chi connectivity index (χ4v) is 4.50. The monoisotopic (exact) mass is 324 g/mol. The standard InChI is InChI=1S/C14H17ClN4OS/c1-19(2)10-17-14-8-11(7-13(15)12(14)9-16)18-21(20)5-3-4-6-21/h7-8,10H,3-6H2,1-2H3/b17-10-. The van der Waals surface area contributed by atoms with Crippen LogP contribution in [0.5, 0.6) is 0 Å². The van der Waals surface area contributed by atoms with E-state index >= 15 is 0 Å². The van der Waals surface area contributed by atoms with Crippen molar-refractivity contribution in [1.29, 1.82) is 5.26 Å². The van der Waals surface area contributed by atoms with Gasteiger partial charge in [0.1, 0.15) is 6.07 Å². The van der Waals surface area contributed by atoms with Crippen LogP contribution < -0.4 is 0 Å². The fourth-order valence-electron chi connectivity index (χ4n) is 2.06. The summed E-state index contributed by atoms with van der Waals surface area (Å²) in [5.74, 6) is 1.25. The molecule has 0 atom stereocenters. The number of hydrogen-bond donors (Lipinski definition) is 0. The van der Waals surface area contributed by atoms with Crippen LogP contribution in [-0.2, 0) is 9.73 Å². The van der Waals surface area contributed by atoms with Crippen LogP contribution in [0.2, 0.25) is 5.02 Å². The van der Waals surface area contributed by atoms with Crippen LogP contribution in [0.4, 0.5) is 11.4 Å². The van der Waals surface area contributed by atoms with Gasteiger partial charge < -0.3 is 4.90 Å². The van der Waals surface area contributed by atoms with E-state index in [1.165, 1.54) is 0 Å². The molecule has 0 aliphatic carbocycles. The lowest BCUT2D eigenvalue weighted by Crippen LogP contribution is -2.07. The van der Waals surface area contributed by atoms with Gasteiger partial charge in [-0.25, -0.2) is 9.20 Å². The predicted molar refractivity (Wildman–Crippen MR) is 87.2 cm³/mol.